The molecule has 0 aliphatic heterocycles. The number of nitrogens with zero attached hydrogens (tertiary/aromatic N) is 3. The fourth-order valence-electron chi connectivity index (χ4n) is 3.88. The van der Waals surface area contributed by atoms with Crippen LogP contribution in [-0.2, 0) is 4.74 Å². The Hall–Kier alpha value is -4.91. The second-order valence-electron chi connectivity index (χ2n) is 8.46. The lowest BCUT2D eigenvalue weighted by atomic mass is 10.0. The van der Waals surface area contributed by atoms with Gasteiger partial charge in [0.1, 0.15) is 5.82 Å². The number of ether oxygens (including phenoxy) is 1. The molecule has 0 radical (unpaired) electrons. The summed E-state index contributed by atoms with van der Waals surface area (Å²) in [6.07, 6.45) is 0. The Morgan fingerprint density at radius 3 is 2.19 bits per heavy atom. The highest BCUT2D eigenvalue weighted by atomic mass is 19.1. The number of carbonyl (C=O) groups is 2. The van der Waals surface area contributed by atoms with Crippen LogP contribution in [0.3, 0.4) is 0 Å². The van der Waals surface area contributed by atoms with Gasteiger partial charge in [0.25, 0.3) is 5.82 Å². The van der Waals surface area contributed by atoms with Gasteiger partial charge in [0.15, 0.2) is 18.2 Å². The van der Waals surface area contributed by atoms with E-state index in [-0.39, 0.29) is 17.4 Å². The number of rotatable bonds is 7. The van der Waals surface area contributed by atoms with Crippen molar-refractivity contribution in [2.24, 2.45) is 0 Å². The zero-order valence-electron chi connectivity index (χ0n) is 20.0. The Morgan fingerprint density at radius 1 is 0.811 bits per heavy atom. The van der Waals surface area contributed by atoms with Gasteiger partial charge in [-0.15, -0.1) is 5.10 Å². The van der Waals surface area contributed by atoms with Gasteiger partial charge >= 0.3 is 5.97 Å². The number of esters is 1. The van der Waals surface area contributed by atoms with Crippen molar-refractivity contribution in [1.82, 2.24) is 14.8 Å². The first-order valence-corrected chi connectivity index (χ1v) is 11.6. The van der Waals surface area contributed by atoms with Crippen LogP contribution >= 0.6 is 0 Å². The average molecular weight is 492 g/mol. The van der Waals surface area contributed by atoms with E-state index in [1.54, 1.807) is 24.3 Å². The molecule has 182 valence electrons. The van der Waals surface area contributed by atoms with Crippen LogP contribution < -0.4 is 0 Å². The van der Waals surface area contributed by atoms with Gasteiger partial charge < -0.3 is 4.74 Å². The molecule has 0 unspecified atom stereocenters. The van der Waals surface area contributed by atoms with Crippen LogP contribution in [0.1, 0.15) is 26.5 Å². The van der Waals surface area contributed by atoms with E-state index in [9.17, 15) is 14.0 Å². The van der Waals surface area contributed by atoms with Crippen LogP contribution in [0.5, 0.6) is 0 Å². The van der Waals surface area contributed by atoms with Crippen molar-refractivity contribution in [3.05, 3.63) is 126 Å². The van der Waals surface area contributed by atoms with Crippen LogP contribution in [0.15, 0.2) is 103 Å². The van der Waals surface area contributed by atoms with Crippen LogP contribution in [-0.4, -0.2) is 33.1 Å². The molecule has 7 heteroatoms. The molecule has 0 atom stereocenters. The molecule has 5 aromatic rings. The van der Waals surface area contributed by atoms with Crippen molar-refractivity contribution in [1.29, 1.82) is 0 Å². The lowest BCUT2D eigenvalue weighted by Crippen LogP contribution is -2.15. The van der Waals surface area contributed by atoms with Crippen molar-refractivity contribution in [2.45, 2.75) is 6.92 Å². The summed E-state index contributed by atoms with van der Waals surface area (Å²) in [5.74, 6) is -1.41. The summed E-state index contributed by atoms with van der Waals surface area (Å²) in [6, 6.07) is 30.2. The van der Waals surface area contributed by atoms with E-state index in [4.69, 9.17) is 4.74 Å². The molecule has 4 aromatic carbocycles. The normalized spacial score (nSPS) is 10.8. The average Bonchev–Trinajstić information content (AvgIpc) is 3.38. The summed E-state index contributed by atoms with van der Waals surface area (Å²) < 4.78 is 20.2. The molecule has 0 amide bonds. The fourth-order valence-corrected chi connectivity index (χ4v) is 3.88. The van der Waals surface area contributed by atoms with Crippen molar-refractivity contribution < 1.29 is 18.7 Å². The van der Waals surface area contributed by atoms with E-state index in [0.717, 1.165) is 16.7 Å². The standard InChI is InChI=1S/C30H22FN3O3/c1-20-6-5-9-26(18-20)34-29(24-14-16-25(31)17-15-24)32-28(33-34)30(36)37-19-27(35)23-12-10-22(11-13-23)21-7-3-2-4-8-21/h2-18H,19H2,1H3. The maximum atomic E-state index is 13.5. The number of Topliss-reactive ketones (excluding diaryl/α,β-unsaturated/α-hetero) is 1. The largest absolute Gasteiger partial charge is 0.451 e. The molecule has 0 bridgehead atoms. The Kier molecular flexibility index (Phi) is 6.68. The summed E-state index contributed by atoms with van der Waals surface area (Å²) in [6.45, 7) is 1.49. The summed E-state index contributed by atoms with van der Waals surface area (Å²) in [4.78, 5) is 29.8. The molecule has 0 spiro atoms. The Labute approximate surface area is 213 Å². The molecule has 5 rings (SSSR count). The summed E-state index contributed by atoms with van der Waals surface area (Å²) >= 11 is 0. The second-order valence-corrected chi connectivity index (χ2v) is 8.46. The third kappa shape index (κ3) is 5.36. The maximum absolute atomic E-state index is 13.5. The minimum Gasteiger partial charge on any atom is -0.451 e. The molecular weight excluding hydrogens is 469 g/mol. The lowest BCUT2D eigenvalue weighted by Gasteiger charge is -2.06. The molecule has 1 heterocycles. The van der Waals surface area contributed by atoms with Gasteiger partial charge in [-0.3, -0.25) is 4.79 Å². The zero-order valence-corrected chi connectivity index (χ0v) is 20.0. The number of halogens is 1. The monoisotopic (exact) mass is 491 g/mol. The van der Waals surface area contributed by atoms with Crippen LogP contribution in [0.25, 0.3) is 28.2 Å². The summed E-state index contributed by atoms with van der Waals surface area (Å²) in [5, 5.41) is 4.34. The van der Waals surface area contributed by atoms with Crippen molar-refractivity contribution in [3.63, 3.8) is 0 Å². The second kappa shape index (κ2) is 10.4. The van der Waals surface area contributed by atoms with E-state index < -0.39 is 12.6 Å². The molecule has 37 heavy (non-hydrogen) atoms. The number of ketones is 1. The van der Waals surface area contributed by atoms with Gasteiger partial charge in [0.2, 0.25) is 0 Å². The number of hydrogen-bond acceptors (Lipinski definition) is 5. The van der Waals surface area contributed by atoms with E-state index in [2.05, 4.69) is 10.1 Å². The molecule has 0 fully saturated rings. The van der Waals surface area contributed by atoms with Crippen LogP contribution in [0.4, 0.5) is 4.39 Å². The van der Waals surface area contributed by atoms with Gasteiger partial charge in [-0.1, -0.05) is 66.7 Å². The molecule has 0 saturated carbocycles. The van der Waals surface area contributed by atoms with Gasteiger partial charge in [-0.2, -0.15) is 0 Å². The molecule has 0 N–H and O–H groups in total. The van der Waals surface area contributed by atoms with Gasteiger partial charge in [0.05, 0.1) is 5.69 Å². The quantitative estimate of drug-likeness (QED) is 0.204. The minimum atomic E-state index is -0.830. The van der Waals surface area contributed by atoms with Crippen LogP contribution in [0, 0.1) is 12.7 Å². The van der Waals surface area contributed by atoms with Gasteiger partial charge in [-0.25, -0.2) is 18.9 Å². The molecule has 6 nitrogen and oxygen atoms in total. The number of carbonyl (C=O) groups excluding carboxylic acids is 2. The Morgan fingerprint density at radius 2 is 1.49 bits per heavy atom. The third-order valence-corrected chi connectivity index (χ3v) is 5.79. The first kappa shape index (κ1) is 23.8. The predicted octanol–water partition coefficient (Wildman–Crippen LogP) is 6.09. The SMILES string of the molecule is Cc1cccc(-n2nc(C(=O)OCC(=O)c3ccc(-c4ccccc4)cc3)nc2-c2ccc(F)cc2)c1. The lowest BCUT2D eigenvalue weighted by molar-refractivity contribution is 0.0462. The minimum absolute atomic E-state index is 0.201. The first-order valence-electron chi connectivity index (χ1n) is 11.6. The van der Waals surface area contributed by atoms with Crippen molar-refractivity contribution in [3.8, 4) is 28.2 Å². The summed E-state index contributed by atoms with van der Waals surface area (Å²) in [7, 11) is 0. The molecular formula is C30H22FN3O3. The highest BCUT2D eigenvalue weighted by molar-refractivity contribution is 5.99. The number of aromatic nitrogens is 3. The van der Waals surface area contributed by atoms with Gasteiger partial charge in [-0.05, 0) is 60.0 Å². The third-order valence-electron chi connectivity index (χ3n) is 5.79. The number of hydrogen-bond donors (Lipinski definition) is 0. The number of aryl methyl sites for hydroxylation is 1. The van der Waals surface area contributed by atoms with E-state index in [1.807, 2.05) is 73.7 Å². The van der Waals surface area contributed by atoms with Crippen molar-refractivity contribution in [2.75, 3.05) is 6.61 Å². The smallest absolute Gasteiger partial charge is 0.378 e. The zero-order chi connectivity index (χ0) is 25.8. The Balaban J connectivity index is 1.34. The highest BCUT2D eigenvalue weighted by Crippen LogP contribution is 2.23. The summed E-state index contributed by atoms with van der Waals surface area (Å²) in [5.41, 5.74) is 4.70. The molecule has 0 saturated heterocycles. The van der Waals surface area contributed by atoms with E-state index in [1.165, 1.54) is 16.8 Å². The van der Waals surface area contributed by atoms with E-state index >= 15 is 0 Å². The van der Waals surface area contributed by atoms with Crippen LogP contribution in [0.2, 0.25) is 0 Å². The molecule has 0 aliphatic carbocycles. The molecule has 1 aromatic heterocycles. The van der Waals surface area contributed by atoms with Crippen molar-refractivity contribution >= 4 is 11.8 Å². The van der Waals surface area contributed by atoms with E-state index in [0.29, 0.717) is 22.6 Å². The highest BCUT2D eigenvalue weighted by Gasteiger charge is 2.21. The van der Waals surface area contributed by atoms with Gasteiger partial charge in [0, 0.05) is 11.1 Å². The maximum Gasteiger partial charge on any atom is 0.378 e. The Bertz CT molecular complexity index is 1560. The first-order chi connectivity index (χ1) is 18.0. The fraction of sp³-hybridized carbons (Fsp3) is 0.0667. The molecule has 0 aliphatic rings. The predicted molar refractivity (Wildman–Crippen MR) is 138 cm³/mol. The number of benzene rings is 4. The topological polar surface area (TPSA) is 74.1 Å².